The van der Waals surface area contributed by atoms with Gasteiger partial charge in [0.25, 0.3) is 0 Å². The van der Waals surface area contributed by atoms with Crippen molar-refractivity contribution in [1.29, 1.82) is 0 Å². The van der Waals surface area contributed by atoms with Crippen LogP contribution in [0.15, 0.2) is 12.1 Å². The highest BCUT2D eigenvalue weighted by molar-refractivity contribution is 8.01. The van der Waals surface area contributed by atoms with Gasteiger partial charge in [-0.15, -0.1) is 11.8 Å². The summed E-state index contributed by atoms with van der Waals surface area (Å²) < 4.78 is 0. The van der Waals surface area contributed by atoms with Crippen molar-refractivity contribution < 1.29 is 14.7 Å². The number of ketones is 1. The lowest BCUT2D eigenvalue weighted by Crippen LogP contribution is -2.21. The Bertz CT molecular complexity index is 479. The van der Waals surface area contributed by atoms with E-state index in [0.29, 0.717) is 11.1 Å². The predicted molar refractivity (Wildman–Crippen MR) is 63.1 cm³/mol. The predicted octanol–water partition coefficient (Wildman–Crippen LogP) is 2.36. The molecule has 0 saturated heterocycles. The number of hydrogen-bond acceptors (Lipinski definition) is 3. The van der Waals surface area contributed by atoms with Crippen LogP contribution in [0.4, 0.5) is 0 Å². The van der Waals surface area contributed by atoms with Gasteiger partial charge < -0.3 is 5.11 Å². The molecule has 1 heterocycles. The van der Waals surface area contributed by atoms with Crippen molar-refractivity contribution in [3.63, 3.8) is 0 Å². The number of rotatable bonds is 1. The quantitative estimate of drug-likeness (QED) is 0.813. The molecule has 1 aromatic rings. The average Bonchev–Trinajstić information content (AvgIpc) is 2.21. The first-order valence-corrected chi connectivity index (χ1v) is 6.04. The van der Waals surface area contributed by atoms with Gasteiger partial charge in [-0.25, -0.2) is 0 Å². The molecule has 1 aromatic carbocycles. The molecule has 0 fully saturated rings. The number of carbonyl (C=O) groups excluding carboxylic acids is 1. The maximum absolute atomic E-state index is 11.7. The average molecular weight is 236 g/mol. The molecule has 0 saturated carbocycles. The van der Waals surface area contributed by atoms with E-state index in [0.717, 1.165) is 11.1 Å². The third-order valence-corrected chi connectivity index (χ3v) is 4.07. The van der Waals surface area contributed by atoms with Crippen LogP contribution in [0.1, 0.15) is 32.3 Å². The Morgan fingerprint density at radius 2 is 2.00 bits per heavy atom. The minimum Gasteiger partial charge on any atom is -0.480 e. The lowest BCUT2D eigenvalue weighted by molar-refractivity contribution is -0.136. The van der Waals surface area contributed by atoms with Crippen LogP contribution in [0.3, 0.4) is 0 Å². The molecule has 1 aliphatic rings. The van der Waals surface area contributed by atoms with Gasteiger partial charge in [0.1, 0.15) is 5.25 Å². The second-order valence-corrected chi connectivity index (χ2v) is 5.07. The zero-order valence-corrected chi connectivity index (χ0v) is 9.93. The Kier molecular flexibility index (Phi) is 2.76. The van der Waals surface area contributed by atoms with Crippen molar-refractivity contribution in [2.75, 3.05) is 5.75 Å². The van der Waals surface area contributed by atoms with E-state index in [1.165, 1.54) is 11.8 Å². The van der Waals surface area contributed by atoms with E-state index in [1.807, 2.05) is 26.0 Å². The summed E-state index contributed by atoms with van der Waals surface area (Å²) in [5.74, 6) is -0.588. The van der Waals surface area contributed by atoms with Gasteiger partial charge in [0.05, 0.1) is 5.75 Å². The van der Waals surface area contributed by atoms with E-state index in [9.17, 15) is 9.59 Å². The minimum atomic E-state index is -0.873. The Labute approximate surface area is 97.9 Å². The van der Waals surface area contributed by atoms with Crippen LogP contribution in [0, 0.1) is 13.8 Å². The highest BCUT2D eigenvalue weighted by atomic mass is 32.2. The van der Waals surface area contributed by atoms with Crippen LogP contribution in [0.5, 0.6) is 0 Å². The Balaban J connectivity index is 2.61. The standard InChI is InChI=1S/C12H12O3S/c1-6-3-8-9(4-7(6)2)11(12(14)15)16-5-10(8)13/h3-4,11H,5H2,1-2H3,(H,14,15). The molecule has 1 unspecified atom stereocenters. The van der Waals surface area contributed by atoms with Gasteiger partial charge in [-0.1, -0.05) is 6.07 Å². The number of carboxylic acid groups (broad SMARTS) is 1. The van der Waals surface area contributed by atoms with E-state index in [2.05, 4.69) is 0 Å². The van der Waals surface area contributed by atoms with E-state index in [1.54, 1.807) is 0 Å². The Morgan fingerprint density at radius 3 is 2.62 bits per heavy atom. The number of carboxylic acids is 1. The molecule has 0 bridgehead atoms. The van der Waals surface area contributed by atoms with Gasteiger partial charge in [0, 0.05) is 5.56 Å². The SMILES string of the molecule is Cc1cc2c(cc1C)C(C(=O)O)SCC2=O. The third-order valence-electron chi connectivity index (χ3n) is 2.85. The number of hydrogen-bond donors (Lipinski definition) is 1. The van der Waals surface area contributed by atoms with Crippen molar-refractivity contribution in [3.05, 3.63) is 34.4 Å². The van der Waals surface area contributed by atoms with Gasteiger partial charge in [-0.05, 0) is 36.6 Å². The van der Waals surface area contributed by atoms with Gasteiger partial charge in [-0.3, -0.25) is 9.59 Å². The normalized spacial score (nSPS) is 19.4. The molecule has 0 aliphatic carbocycles. The smallest absolute Gasteiger partial charge is 0.321 e. The van der Waals surface area contributed by atoms with E-state index in [4.69, 9.17) is 5.11 Å². The third kappa shape index (κ3) is 1.73. The van der Waals surface area contributed by atoms with Crippen molar-refractivity contribution in [3.8, 4) is 0 Å². The van der Waals surface area contributed by atoms with Crippen LogP contribution < -0.4 is 0 Å². The first kappa shape index (κ1) is 11.2. The van der Waals surface area contributed by atoms with E-state index in [-0.39, 0.29) is 11.5 Å². The monoisotopic (exact) mass is 236 g/mol. The summed E-state index contributed by atoms with van der Waals surface area (Å²) in [5.41, 5.74) is 3.29. The summed E-state index contributed by atoms with van der Waals surface area (Å²) in [6.07, 6.45) is 0. The van der Waals surface area contributed by atoms with Crippen LogP contribution in [-0.4, -0.2) is 22.6 Å². The molecule has 16 heavy (non-hydrogen) atoms. The fourth-order valence-electron chi connectivity index (χ4n) is 1.83. The minimum absolute atomic E-state index is 0.0283. The summed E-state index contributed by atoms with van der Waals surface area (Å²) >= 11 is 1.19. The number of Topliss-reactive ketones (excluding diaryl/α,β-unsaturated/α-hetero) is 1. The molecule has 0 amide bonds. The Hall–Kier alpha value is -1.29. The second kappa shape index (κ2) is 3.94. The van der Waals surface area contributed by atoms with Crippen LogP contribution in [-0.2, 0) is 4.79 Å². The van der Waals surface area contributed by atoms with Crippen LogP contribution >= 0.6 is 11.8 Å². The highest BCUT2D eigenvalue weighted by Crippen LogP contribution is 2.37. The number of thioether (sulfide) groups is 1. The van der Waals surface area contributed by atoms with Crippen molar-refractivity contribution in [1.82, 2.24) is 0 Å². The fourth-order valence-corrected chi connectivity index (χ4v) is 2.82. The van der Waals surface area contributed by atoms with Gasteiger partial charge in [-0.2, -0.15) is 0 Å². The number of aliphatic carboxylic acids is 1. The summed E-state index contributed by atoms with van der Waals surface area (Å²) in [4.78, 5) is 22.8. The summed E-state index contributed by atoms with van der Waals surface area (Å²) in [6.45, 7) is 3.86. The van der Waals surface area contributed by atoms with E-state index < -0.39 is 11.2 Å². The first-order valence-electron chi connectivity index (χ1n) is 4.99. The van der Waals surface area contributed by atoms with Gasteiger partial charge in [0.2, 0.25) is 0 Å². The molecule has 1 N–H and O–H groups in total. The molecule has 84 valence electrons. The van der Waals surface area contributed by atoms with Gasteiger partial charge in [0.15, 0.2) is 5.78 Å². The summed E-state index contributed by atoms with van der Waals surface area (Å²) in [5, 5.41) is 8.49. The zero-order valence-electron chi connectivity index (χ0n) is 9.11. The largest absolute Gasteiger partial charge is 0.480 e. The zero-order chi connectivity index (χ0) is 11.9. The molecule has 3 nitrogen and oxygen atoms in total. The molecule has 4 heteroatoms. The van der Waals surface area contributed by atoms with Gasteiger partial charge >= 0.3 is 5.97 Å². The summed E-state index contributed by atoms with van der Waals surface area (Å²) in [7, 11) is 0. The molecule has 1 aliphatic heterocycles. The molecular weight excluding hydrogens is 224 g/mol. The number of fused-ring (bicyclic) bond motifs is 1. The van der Waals surface area contributed by atoms with Crippen LogP contribution in [0.2, 0.25) is 0 Å². The molecule has 0 aromatic heterocycles. The molecule has 0 radical (unpaired) electrons. The van der Waals surface area contributed by atoms with Crippen molar-refractivity contribution in [2.45, 2.75) is 19.1 Å². The van der Waals surface area contributed by atoms with Crippen molar-refractivity contribution in [2.24, 2.45) is 0 Å². The molecule has 1 atom stereocenters. The fraction of sp³-hybridized carbons (Fsp3) is 0.333. The topological polar surface area (TPSA) is 54.4 Å². The number of benzene rings is 1. The first-order chi connectivity index (χ1) is 7.50. The summed E-state index contributed by atoms with van der Waals surface area (Å²) in [6, 6.07) is 3.64. The lowest BCUT2D eigenvalue weighted by Gasteiger charge is -2.22. The van der Waals surface area contributed by atoms with E-state index >= 15 is 0 Å². The molecule has 0 spiro atoms. The number of aryl methyl sites for hydroxylation is 2. The van der Waals surface area contributed by atoms with Crippen LogP contribution in [0.25, 0.3) is 0 Å². The van der Waals surface area contributed by atoms with Crippen molar-refractivity contribution >= 4 is 23.5 Å². The molecule has 2 rings (SSSR count). The second-order valence-electron chi connectivity index (χ2n) is 3.98. The lowest BCUT2D eigenvalue weighted by atomic mass is 9.95. The molecular formula is C12H12O3S. The Morgan fingerprint density at radius 1 is 1.38 bits per heavy atom. The maximum Gasteiger partial charge on any atom is 0.321 e. The number of carbonyl (C=O) groups is 2. The maximum atomic E-state index is 11.7. The highest BCUT2D eigenvalue weighted by Gasteiger charge is 2.31.